The summed E-state index contributed by atoms with van der Waals surface area (Å²) in [7, 11) is -3.80. The molecule has 0 fully saturated rings. The van der Waals surface area contributed by atoms with Gasteiger partial charge in [0.25, 0.3) is 5.91 Å². The number of nitrogens with one attached hydrogen (secondary N) is 2. The van der Waals surface area contributed by atoms with Crippen LogP contribution in [0.2, 0.25) is 4.34 Å². The van der Waals surface area contributed by atoms with E-state index in [9.17, 15) is 13.2 Å². The molecule has 0 aliphatic rings. The van der Waals surface area contributed by atoms with Gasteiger partial charge in [0, 0.05) is 21.9 Å². The van der Waals surface area contributed by atoms with Crippen LogP contribution in [-0.4, -0.2) is 37.6 Å². The molecule has 3 N–H and O–H groups in total. The molecule has 0 aliphatic carbocycles. The van der Waals surface area contributed by atoms with Crippen LogP contribution in [0.4, 0.5) is 5.13 Å². The number of carbonyl (C=O) groups excluding carboxylic acids is 1. The zero-order chi connectivity index (χ0) is 20.3. The number of amides is 1. The van der Waals surface area contributed by atoms with Gasteiger partial charge >= 0.3 is 0 Å². The number of thiophene rings is 1. The van der Waals surface area contributed by atoms with Crippen molar-refractivity contribution in [2.45, 2.75) is 11.8 Å². The van der Waals surface area contributed by atoms with Gasteiger partial charge in [-0.2, -0.15) is 0 Å². The van der Waals surface area contributed by atoms with E-state index in [4.69, 9.17) is 16.7 Å². The molecule has 0 unspecified atom stereocenters. The number of aryl methyl sites for hydroxylation is 1. The van der Waals surface area contributed by atoms with Gasteiger partial charge in [0.05, 0.1) is 23.3 Å². The first-order valence-corrected chi connectivity index (χ1v) is 11.5. The Morgan fingerprint density at radius 3 is 2.71 bits per heavy atom. The molecule has 0 radical (unpaired) electrons. The topological polar surface area (TPSA) is 108 Å². The maximum Gasteiger partial charge on any atom is 0.258 e. The van der Waals surface area contributed by atoms with Gasteiger partial charge in [-0.3, -0.25) is 10.1 Å². The molecule has 2 heterocycles. The van der Waals surface area contributed by atoms with Crippen LogP contribution in [0, 0.1) is 6.92 Å². The fourth-order valence-electron chi connectivity index (χ4n) is 2.48. The van der Waals surface area contributed by atoms with Crippen LogP contribution < -0.4 is 10.0 Å². The van der Waals surface area contributed by atoms with Crippen molar-refractivity contribution in [3.05, 3.63) is 51.3 Å². The molecule has 1 aromatic carbocycles. The molecule has 148 valence electrons. The summed E-state index contributed by atoms with van der Waals surface area (Å²) < 4.78 is 27.9. The number of hydrogen-bond donors (Lipinski definition) is 3. The molecule has 0 saturated carbocycles. The Kier molecular flexibility index (Phi) is 6.48. The summed E-state index contributed by atoms with van der Waals surface area (Å²) in [6.07, 6.45) is 1.45. The molecule has 28 heavy (non-hydrogen) atoms. The zero-order valence-corrected chi connectivity index (χ0v) is 17.8. The maximum absolute atomic E-state index is 12.6. The Labute approximate surface area is 175 Å². The third-order valence-corrected chi connectivity index (χ3v) is 7.34. The maximum atomic E-state index is 12.6. The highest BCUT2D eigenvalue weighted by atomic mass is 35.5. The minimum atomic E-state index is -3.80. The van der Waals surface area contributed by atoms with Crippen LogP contribution in [0.1, 0.15) is 15.2 Å². The smallest absolute Gasteiger partial charge is 0.258 e. The number of aliphatic hydroxyl groups is 1. The van der Waals surface area contributed by atoms with Crippen molar-refractivity contribution in [2.24, 2.45) is 0 Å². The van der Waals surface area contributed by atoms with E-state index < -0.39 is 10.0 Å². The molecule has 0 aliphatic heterocycles. The van der Waals surface area contributed by atoms with E-state index in [1.807, 2.05) is 0 Å². The van der Waals surface area contributed by atoms with Crippen molar-refractivity contribution >= 4 is 55.3 Å². The largest absolute Gasteiger partial charge is 0.395 e. The lowest BCUT2D eigenvalue weighted by molar-refractivity contribution is 0.102. The molecule has 0 bridgehead atoms. The second kappa shape index (κ2) is 8.68. The minimum Gasteiger partial charge on any atom is -0.395 e. The summed E-state index contributed by atoms with van der Waals surface area (Å²) in [5, 5.41) is 12.0. The highest BCUT2D eigenvalue weighted by Crippen LogP contribution is 2.35. The molecule has 3 aromatic rings. The second-order valence-electron chi connectivity index (χ2n) is 5.62. The molecule has 3 rings (SSSR count). The van der Waals surface area contributed by atoms with Crippen LogP contribution in [0.15, 0.2) is 41.4 Å². The van der Waals surface area contributed by atoms with E-state index in [1.165, 1.54) is 23.6 Å². The number of benzene rings is 1. The Morgan fingerprint density at radius 2 is 2.04 bits per heavy atom. The fraction of sp³-hybridized carbons (Fsp3) is 0.176. The summed E-state index contributed by atoms with van der Waals surface area (Å²) in [6, 6.07) is 8.18. The molecule has 2 aromatic heterocycles. The Balaban J connectivity index is 1.94. The number of carbonyl (C=O) groups is 1. The molecular weight excluding hydrogens is 442 g/mol. The zero-order valence-electron chi connectivity index (χ0n) is 14.6. The van der Waals surface area contributed by atoms with E-state index >= 15 is 0 Å². The minimum absolute atomic E-state index is 0.0792. The molecule has 0 saturated heterocycles. The summed E-state index contributed by atoms with van der Waals surface area (Å²) in [4.78, 5) is 18.0. The van der Waals surface area contributed by atoms with Crippen molar-refractivity contribution in [1.29, 1.82) is 0 Å². The van der Waals surface area contributed by atoms with E-state index in [0.29, 0.717) is 25.5 Å². The van der Waals surface area contributed by atoms with Crippen LogP contribution in [0.3, 0.4) is 0 Å². The van der Waals surface area contributed by atoms with Crippen molar-refractivity contribution < 1.29 is 18.3 Å². The second-order valence-corrected chi connectivity index (χ2v) is 10.3. The summed E-state index contributed by atoms with van der Waals surface area (Å²) >= 11 is 8.30. The highest BCUT2D eigenvalue weighted by molar-refractivity contribution is 7.89. The summed E-state index contributed by atoms with van der Waals surface area (Å²) in [5.41, 5.74) is 0.916. The molecule has 0 atom stereocenters. The average molecular weight is 458 g/mol. The third kappa shape index (κ3) is 4.59. The number of aliphatic hydroxyl groups excluding tert-OH is 1. The molecule has 7 nitrogen and oxygen atoms in total. The van der Waals surface area contributed by atoms with Gasteiger partial charge in [-0.1, -0.05) is 41.1 Å². The number of anilines is 1. The fourth-order valence-corrected chi connectivity index (χ4v) is 5.65. The van der Waals surface area contributed by atoms with E-state index in [2.05, 4.69) is 15.0 Å². The van der Waals surface area contributed by atoms with Gasteiger partial charge in [-0.15, -0.1) is 11.3 Å². The van der Waals surface area contributed by atoms with Gasteiger partial charge in [0.1, 0.15) is 4.34 Å². The molecular formula is C17H16ClN3O4S3. The van der Waals surface area contributed by atoms with Crippen molar-refractivity contribution in [3.63, 3.8) is 0 Å². The Morgan fingerprint density at radius 1 is 1.29 bits per heavy atom. The quantitative estimate of drug-likeness (QED) is 0.504. The van der Waals surface area contributed by atoms with Gasteiger partial charge < -0.3 is 5.11 Å². The van der Waals surface area contributed by atoms with Crippen LogP contribution >= 0.6 is 34.3 Å². The number of sulfonamides is 1. The predicted molar refractivity (Wildman–Crippen MR) is 112 cm³/mol. The van der Waals surface area contributed by atoms with Gasteiger partial charge in [0.2, 0.25) is 10.0 Å². The summed E-state index contributed by atoms with van der Waals surface area (Å²) in [6.45, 7) is 1.41. The first-order chi connectivity index (χ1) is 13.3. The monoisotopic (exact) mass is 457 g/mol. The third-order valence-electron chi connectivity index (χ3n) is 3.71. The van der Waals surface area contributed by atoms with E-state index in [-0.39, 0.29) is 24.0 Å². The first-order valence-electron chi connectivity index (χ1n) is 8.05. The van der Waals surface area contributed by atoms with Crippen LogP contribution in [0.25, 0.3) is 10.4 Å². The van der Waals surface area contributed by atoms with E-state index in [0.717, 1.165) is 16.2 Å². The van der Waals surface area contributed by atoms with Gasteiger partial charge in [0.15, 0.2) is 5.13 Å². The van der Waals surface area contributed by atoms with Crippen LogP contribution in [-0.2, 0) is 10.0 Å². The Hall–Kier alpha value is -1.82. The molecule has 11 heteroatoms. The Bertz CT molecular complexity index is 1110. The lowest BCUT2D eigenvalue weighted by Gasteiger charge is -2.09. The molecule has 0 spiro atoms. The van der Waals surface area contributed by atoms with Gasteiger partial charge in [-0.05, 0) is 19.1 Å². The normalized spacial score (nSPS) is 11.5. The number of halogens is 1. The highest BCUT2D eigenvalue weighted by Gasteiger charge is 2.22. The predicted octanol–water partition coefficient (Wildman–Crippen LogP) is 3.36. The van der Waals surface area contributed by atoms with Crippen molar-refractivity contribution in [3.8, 4) is 10.4 Å². The summed E-state index contributed by atoms with van der Waals surface area (Å²) in [5.74, 6) is -0.343. The van der Waals surface area contributed by atoms with Gasteiger partial charge in [-0.25, -0.2) is 18.1 Å². The molecule has 1 amide bonds. The SMILES string of the molecule is Cc1sc(-c2ccccc2S(=O)(=O)NCCO)cc1C(=O)Nc1ncc(Cl)s1. The van der Waals surface area contributed by atoms with Crippen LogP contribution in [0.5, 0.6) is 0 Å². The number of rotatable bonds is 7. The van der Waals surface area contributed by atoms with E-state index in [1.54, 1.807) is 31.2 Å². The number of thiazole rings is 1. The van der Waals surface area contributed by atoms with Crippen molar-refractivity contribution in [2.75, 3.05) is 18.5 Å². The lowest BCUT2D eigenvalue weighted by atomic mass is 10.1. The standard InChI is InChI=1S/C17H16ClN3O4S3/c1-10-12(16(23)21-17-19-9-15(18)27-17)8-13(26-10)11-4-2-3-5-14(11)28(24,25)20-6-7-22/h2-5,8-9,20,22H,6-7H2,1H3,(H,19,21,23). The van der Waals surface area contributed by atoms with Crippen molar-refractivity contribution in [1.82, 2.24) is 9.71 Å². The number of aromatic nitrogens is 1. The average Bonchev–Trinajstić information content (AvgIpc) is 3.25. The first kappa shape index (κ1) is 20.9. The number of nitrogens with zero attached hydrogens (tertiary/aromatic N) is 1. The number of hydrogen-bond acceptors (Lipinski definition) is 7. The lowest BCUT2D eigenvalue weighted by Crippen LogP contribution is -2.27.